The van der Waals surface area contributed by atoms with E-state index in [2.05, 4.69) is 35.0 Å². The van der Waals surface area contributed by atoms with Gasteiger partial charge in [-0.05, 0) is 91.2 Å². The Hall–Kier alpha value is -3.39. The molecule has 0 atom stereocenters. The molecular formula is C30H34F3N3O2. The first-order chi connectivity index (χ1) is 18.3. The molecule has 0 spiro atoms. The lowest BCUT2D eigenvalue weighted by molar-refractivity contribution is 0.00818. The zero-order valence-electron chi connectivity index (χ0n) is 21.9. The van der Waals surface area contributed by atoms with Gasteiger partial charge in [-0.25, -0.2) is 0 Å². The van der Waals surface area contributed by atoms with Gasteiger partial charge in [-0.1, -0.05) is 30.3 Å². The van der Waals surface area contributed by atoms with E-state index in [1.807, 2.05) is 47.6 Å². The van der Waals surface area contributed by atoms with E-state index in [9.17, 15) is 18.0 Å². The number of amides is 1. The highest BCUT2D eigenvalue weighted by Crippen LogP contribution is 2.31. The van der Waals surface area contributed by atoms with Gasteiger partial charge in [0.2, 0.25) is 0 Å². The Bertz CT molecular complexity index is 1190. The van der Waals surface area contributed by atoms with Crippen molar-refractivity contribution in [2.75, 3.05) is 20.2 Å². The number of fused-ring (bicyclic) bond motifs is 1. The average Bonchev–Trinajstić information content (AvgIpc) is 3.21. The van der Waals surface area contributed by atoms with E-state index in [4.69, 9.17) is 4.74 Å². The number of pyridine rings is 1. The fourth-order valence-electron chi connectivity index (χ4n) is 5.44. The topological polar surface area (TPSA) is 45.7 Å². The fraction of sp³-hybridized carbons (Fsp3) is 0.400. The second kappa shape index (κ2) is 12.9. The van der Waals surface area contributed by atoms with Crippen molar-refractivity contribution in [1.82, 2.24) is 14.8 Å². The third-order valence-corrected chi connectivity index (χ3v) is 7.23. The summed E-state index contributed by atoms with van der Waals surface area (Å²) in [5, 5.41) is 0. The van der Waals surface area contributed by atoms with Crippen LogP contribution in [0.4, 0.5) is 13.2 Å². The zero-order chi connectivity index (χ0) is 27.1. The number of likely N-dealkylation sites (tertiary alicyclic amines) is 1. The van der Waals surface area contributed by atoms with E-state index in [1.165, 1.54) is 29.5 Å². The molecule has 0 saturated carbocycles. The molecule has 1 amide bonds. The summed E-state index contributed by atoms with van der Waals surface area (Å²) in [6.07, 6.45) is 7.35. The summed E-state index contributed by atoms with van der Waals surface area (Å²) in [6.45, 7) is 3.01. The highest BCUT2D eigenvalue weighted by Gasteiger charge is 2.30. The first kappa shape index (κ1) is 27.6. The van der Waals surface area contributed by atoms with Gasteiger partial charge < -0.3 is 9.64 Å². The smallest absolute Gasteiger partial charge is 0.379 e. The second-order valence-corrected chi connectivity index (χ2v) is 9.99. The van der Waals surface area contributed by atoms with Gasteiger partial charge in [0.05, 0.1) is 7.11 Å². The maximum atomic E-state index is 13.1. The van der Waals surface area contributed by atoms with Crippen LogP contribution in [-0.4, -0.2) is 47.6 Å². The predicted molar refractivity (Wildman–Crippen MR) is 141 cm³/mol. The van der Waals surface area contributed by atoms with Crippen molar-refractivity contribution >= 4 is 5.91 Å². The number of hydrogen-bond donors (Lipinski definition) is 0. The molecule has 2 aliphatic rings. The zero-order valence-corrected chi connectivity index (χ0v) is 21.9. The lowest BCUT2D eigenvalue weighted by Gasteiger charge is -2.32. The molecule has 3 aromatic rings. The van der Waals surface area contributed by atoms with Crippen LogP contribution in [0.15, 0.2) is 60.9 Å². The van der Waals surface area contributed by atoms with Gasteiger partial charge in [-0.15, -0.1) is 0 Å². The van der Waals surface area contributed by atoms with Crippen LogP contribution < -0.4 is 4.74 Å². The van der Waals surface area contributed by atoms with E-state index in [1.54, 1.807) is 7.11 Å². The maximum absolute atomic E-state index is 13.1. The second-order valence-electron chi connectivity index (χ2n) is 9.99. The molecule has 1 aromatic heterocycles. The summed E-state index contributed by atoms with van der Waals surface area (Å²) >= 11 is 0. The number of rotatable bonds is 7. The Morgan fingerprint density at radius 2 is 1.71 bits per heavy atom. The third-order valence-electron chi connectivity index (χ3n) is 7.23. The molecule has 1 fully saturated rings. The summed E-state index contributed by atoms with van der Waals surface area (Å²) in [5.74, 6) is 1.69. The SMILES string of the molecule is COc1ccc(CN2Cc3cc(CC4CCN(Cc5cccnc5)CC4)cc(C)c3C2=O)cc1.FC(F)F. The Balaban J connectivity index is 0.000000786. The van der Waals surface area contributed by atoms with E-state index in [0.29, 0.717) is 19.0 Å². The standard InChI is InChI=1S/C29H33N3O2.CHF3/c1-21-14-25(15-22-9-12-31(13-10-22)18-24-4-3-11-30-17-24)16-26-20-32(29(33)28(21)26)19-23-5-7-27(34-2)8-6-23;2-1(3)4/h3-8,11,14,16-17,22H,9-10,12-13,15,18-20H2,1-2H3;1H. The minimum absolute atomic E-state index is 0.151. The minimum atomic E-state index is -3.67. The first-order valence-corrected chi connectivity index (χ1v) is 12.9. The van der Waals surface area contributed by atoms with E-state index in [-0.39, 0.29) is 5.91 Å². The number of piperidine rings is 1. The Morgan fingerprint density at radius 1 is 1.00 bits per heavy atom. The predicted octanol–water partition coefficient (Wildman–Crippen LogP) is 6.19. The van der Waals surface area contributed by atoms with Crippen LogP contribution in [0.5, 0.6) is 5.75 Å². The largest absolute Gasteiger partial charge is 0.497 e. The molecule has 38 heavy (non-hydrogen) atoms. The number of nitrogens with zero attached hydrogens (tertiary/aromatic N) is 3. The van der Waals surface area contributed by atoms with Crippen LogP contribution in [0.2, 0.25) is 0 Å². The molecular weight excluding hydrogens is 491 g/mol. The van der Waals surface area contributed by atoms with Crippen LogP contribution in [0.1, 0.15) is 51.0 Å². The molecule has 2 aliphatic heterocycles. The quantitative estimate of drug-likeness (QED) is 0.369. The summed E-state index contributed by atoms with van der Waals surface area (Å²) < 4.78 is 34.2. The van der Waals surface area contributed by atoms with Crippen LogP contribution in [0.25, 0.3) is 0 Å². The van der Waals surface area contributed by atoms with Crippen molar-refractivity contribution < 1.29 is 22.7 Å². The molecule has 202 valence electrons. The number of hydrogen-bond acceptors (Lipinski definition) is 4. The highest BCUT2D eigenvalue weighted by atomic mass is 19.4. The Morgan fingerprint density at radius 3 is 2.34 bits per heavy atom. The van der Waals surface area contributed by atoms with Crippen molar-refractivity contribution in [2.45, 2.75) is 52.5 Å². The molecule has 0 N–H and O–H groups in total. The van der Waals surface area contributed by atoms with Gasteiger partial charge in [-0.2, -0.15) is 13.2 Å². The Labute approximate surface area is 222 Å². The number of halogens is 3. The molecule has 5 rings (SSSR count). The summed E-state index contributed by atoms with van der Waals surface area (Å²) in [4.78, 5) is 21.9. The van der Waals surface area contributed by atoms with Crippen molar-refractivity contribution in [1.29, 1.82) is 0 Å². The fourth-order valence-corrected chi connectivity index (χ4v) is 5.44. The summed E-state index contributed by atoms with van der Waals surface area (Å²) in [7, 11) is 1.67. The van der Waals surface area contributed by atoms with Gasteiger partial charge >= 0.3 is 6.68 Å². The lowest BCUT2D eigenvalue weighted by Crippen LogP contribution is -2.33. The average molecular weight is 526 g/mol. The van der Waals surface area contributed by atoms with Gasteiger partial charge in [0.1, 0.15) is 5.75 Å². The normalized spacial score (nSPS) is 15.8. The molecule has 0 bridgehead atoms. The number of benzene rings is 2. The summed E-state index contributed by atoms with van der Waals surface area (Å²) in [6, 6.07) is 16.7. The molecule has 8 heteroatoms. The van der Waals surface area contributed by atoms with Crippen molar-refractivity contribution in [3.8, 4) is 5.75 Å². The first-order valence-electron chi connectivity index (χ1n) is 12.9. The van der Waals surface area contributed by atoms with Gasteiger partial charge in [0.25, 0.3) is 5.91 Å². The lowest BCUT2D eigenvalue weighted by atomic mass is 9.88. The number of alkyl halides is 3. The number of methoxy groups -OCH3 is 1. The van der Waals surface area contributed by atoms with Gasteiger partial charge in [-0.3, -0.25) is 14.7 Å². The monoisotopic (exact) mass is 525 g/mol. The molecule has 1 saturated heterocycles. The van der Waals surface area contributed by atoms with Crippen molar-refractivity contribution in [3.05, 3.63) is 94.3 Å². The Kier molecular flexibility index (Phi) is 9.39. The molecule has 5 nitrogen and oxygen atoms in total. The number of carbonyl (C=O) groups is 1. The van der Waals surface area contributed by atoms with Crippen molar-refractivity contribution in [2.24, 2.45) is 5.92 Å². The number of ether oxygens (including phenoxy) is 1. The molecule has 0 radical (unpaired) electrons. The molecule has 0 unspecified atom stereocenters. The summed E-state index contributed by atoms with van der Waals surface area (Å²) in [5.41, 5.74) is 6.99. The van der Waals surface area contributed by atoms with E-state index < -0.39 is 6.68 Å². The van der Waals surface area contributed by atoms with E-state index in [0.717, 1.165) is 48.5 Å². The molecule has 2 aromatic carbocycles. The number of carbonyl (C=O) groups excluding carboxylic acids is 1. The highest BCUT2D eigenvalue weighted by molar-refractivity contribution is 5.99. The van der Waals surface area contributed by atoms with E-state index >= 15 is 0 Å². The number of aromatic nitrogens is 1. The molecule has 0 aliphatic carbocycles. The maximum Gasteiger partial charge on any atom is 0.379 e. The molecule has 3 heterocycles. The van der Waals surface area contributed by atoms with Crippen LogP contribution >= 0.6 is 0 Å². The van der Waals surface area contributed by atoms with Gasteiger partial charge in [0, 0.05) is 37.6 Å². The minimum Gasteiger partial charge on any atom is -0.497 e. The van der Waals surface area contributed by atoms with Crippen molar-refractivity contribution in [3.63, 3.8) is 0 Å². The number of aryl methyl sites for hydroxylation is 1. The van der Waals surface area contributed by atoms with Gasteiger partial charge in [0.15, 0.2) is 0 Å². The van der Waals surface area contributed by atoms with Crippen LogP contribution in [0.3, 0.4) is 0 Å². The van der Waals surface area contributed by atoms with Crippen LogP contribution in [0, 0.1) is 12.8 Å². The van der Waals surface area contributed by atoms with Crippen LogP contribution in [-0.2, 0) is 26.1 Å². The third kappa shape index (κ3) is 7.34.